The third kappa shape index (κ3) is 3.30. The van der Waals surface area contributed by atoms with E-state index in [9.17, 15) is 8.42 Å². The highest BCUT2D eigenvalue weighted by Gasteiger charge is 2.12. The van der Waals surface area contributed by atoms with Gasteiger partial charge in [-0.3, -0.25) is 4.55 Å². The molecule has 0 bridgehead atoms. The molecule has 0 aliphatic heterocycles. The van der Waals surface area contributed by atoms with E-state index >= 15 is 0 Å². The fourth-order valence-corrected chi connectivity index (χ4v) is 2.09. The third-order valence-electron chi connectivity index (χ3n) is 2.29. The molecule has 0 saturated heterocycles. The standard InChI is InChI=1S/C11H16O4S/c1-3-4-9-7-11(16(12,13)14)6-5-10(9)8-15-2/h5-7H,3-4,8H2,1-2H3,(H,12,13,14). The highest BCUT2D eigenvalue weighted by atomic mass is 32.2. The van der Waals surface area contributed by atoms with Gasteiger partial charge in [-0.1, -0.05) is 19.4 Å². The normalized spacial score (nSPS) is 11.7. The highest BCUT2D eigenvalue weighted by Crippen LogP contribution is 2.18. The van der Waals surface area contributed by atoms with E-state index in [4.69, 9.17) is 9.29 Å². The topological polar surface area (TPSA) is 63.6 Å². The molecule has 1 N–H and O–H groups in total. The van der Waals surface area contributed by atoms with E-state index in [1.807, 2.05) is 6.92 Å². The molecule has 1 rings (SSSR count). The summed E-state index contributed by atoms with van der Waals surface area (Å²) in [5, 5.41) is 0. The van der Waals surface area contributed by atoms with E-state index in [0.717, 1.165) is 24.0 Å². The highest BCUT2D eigenvalue weighted by molar-refractivity contribution is 7.85. The molecule has 0 spiro atoms. The quantitative estimate of drug-likeness (QED) is 0.805. The minimum Gasteiger partial charge on any atom is -0.380 e. The van der Waals surface area contributed by atoms with Crippen molar-refractivity contribution in [1.82, 2.24) is 0 Å². The van der Waals surface area contributed by atoms with E-state index in [1.54, 1.807) is 13.2 Å². The lowest BCUT2D eigenvalue weighted by molar-refractivity contribution is 0.184. The molecule has 0 unspecified atom stereocenters. The number of rotatable bonds is 5. The lowest BCUT2D eigenvalue weighted by Gasteiger charge is -2.09. The number of methoxy groups -OCH3 is 1. The number of aryl methyl sites for hydroxylation is 1. The largest absolute Gasteiger partial charge is 0.380 e. The lowest BCUT2D eigenvalue weighted by atomic mass is 10.0. The summed E-state index contributed by atoms with van der Waals surface area (Å²) in [7, 11) is -2.53. The smallest absolute Gasteiger partial charge is 0.294 e. The molecule has 0 heterocycles. The minimum absolute atomic E-state index is 0.0594. The summed E-state index contributed by atoms with van der Waals surface area (Å²) in [5.41, 5.74) is 1.86. The Morgan fingerprint density at radius 2 is 2.00 bits per heavy atom. The van der Waals surface area contributed by atoms with Gasteiger partial charge in [0.2, 0.25) is 0 Å². The maximum atomic E-state index is 11.0. The zero-order chi connectivity index (χ0) is 12.2. The van der Waals surface area contributed by atoms with Crippen molar-refractivity contribution in [1.29, 1.82) is 0 Å². The first-order valence-electron chi connectivity index (χ1n) is 5.07. The molecule has 0 amide bonds. The van der Waals surface area contributed by atoms with E-state index in [1.165, 1.54) is 12.1 Å². The molecule has 0 aliphatic carbocycles. The fourth-order valence-electron chi connectivity index (χ4n) is 1.56. The number of ether oxygens (including phenoxy) is 1. The molecule has 0 fully saturated rings. The molecule has 1 aromatic rings. The van der Waals surface area contributed by atoms with Crippen molar-refractivity contribution in [2.75, 3.05) is 7.11 Å². The molecule has 0 aliphatic rings. The van der Waals surface area contributed by atoms with Crippen LogP contribution in [0.4, 0.5) is 0 Å². The molecule has 0 radical (unpaired) electrons. The van der Waals surface area contributed by atoms with Crippen molar-refractivity contribution >= 4 is 10.1 Å². The summed E-state index contributed by atoms with van der Waals surface area (Å²) in [5.74, 6) is 0. The summed E-state index contributed by atoms with van der Waals surface area (Å²) in [6, 6.07) is 4.58. The Labute approximate surface area is 96.0 Å². The van der Waals surface area contributed by atoms with Gasteiger partial charge >= 0.3 is 0 Å². The molecular weight excluding hydrogens is 228 g/mol. The molecule has 5 heteroatoms. The van der Waals surface area contributed by atoms with Gasteiger partial charge in [-0.15, -0.1) is 0 Å². The third-order valence-corrected chi connectivity index (χ3v) is 3.14. The molecule has 4 nitrogen and oxygen atoms in total. The van der Waals surface area contributed by atoms with Crippen LogP contribution in [0.2, 0.25) is 0 Å². The van der Waals surface area contributed by atoms with Crippen molar-refractivity contribution in [2.24, 2.45) is 0 Å². The van der Waals surface area contributed by atoms with Gasteiger partial charge in [-0.25, -0.2) is 0 Å². The van der Waals surface area contributed by atoms with Crippen LogP contribution < -0.4 is 0 Å². The summed E-state index contributed by atoms with van der Waals surface area (Å²) in [6.07, 6.45) is 1.67. The maximum absolute atomic E-state index is 11.0. The Balaban J connectivity index is 3.17. The predicted octanol–water partition coefficient (Wildman–Crippen LogP) is 2.03. The van der Waals surface area contributed by atoms with Gasteiger partial charge in [0.05, 0.1) is 11.5 Å². The molecule has 1 aromatic carbocycles. The molecule has 0 saturated carbocycles. The van der Waals surface area contributed by atoms with Crippen LogP contribution in [-0.4, -0.2) is 20.1 Å². The van der Waals surface area contributed by atoms with Crippen molar-refractivity contribution in [2.45, 2.75) is 31.3 Å². The van der Waals surface area contributed by atoms with E-state index in [2.05, 4.69) is 0 Å². The van der Waals surface area contributed by atoms with Gasteiger partial charge in [-0.2, -0.15) is 8.42 Å². The first-order valence-corrected chi connectivity index (χ1v) is 6.51. The SMILES string of the molecule is CCCc1cc(S(=O)(=O)O)ccc1COC. The van der Waals surface area contributed by atoms with Gasteiger partial charge in [0.25, 0.3) is 10.1 Å². The Bertz CT molecular complexity index is 451. The van der Waals surface area contributed by atoms with Crippen LogP contribution in [0.3, 0.4) is 0 Å². The number of hydrogen-bond acceptors (Lipinski definition) is 3. The molecule has 16 heavy (non-hydrogen) atoms. The maximum Gasteiger partial charge on any atom is 0.294 e. The van der Waals surface area contributed by atoms with Crippen molar-refractivity contribution in [3.8, 4) is 0 Å². The number of hydrogen-bond donors (Lipinski definition) is 1. The van der Waals surface area contributed by atoms with Crippen molar-refractivity contribution in [3.05, 3.63) is 29.3 Å². The molecular formula is C11H16O4S. The van der Waals surface area contributed by atoms with Gasteiger partial charge < -0.3 is 4.74 Å². The average molecular weight is 244 g/mol. The second-order valence-electron chi connectivity index (χ2n) is 3.59. The second-order valence-corrected chi connectivity index (χ2v) is 5.01. The molecule has 0 aromatic heterocycles. The van der Waals surface area contributed by atoms with E-state index in [0.29, 0.717) is 6.61 Å². The molecule has 90 valence electrons. The summed E-state index contributed by atoms with van der Waals surface area (Å²) < 4.78 is 35.9. The Hall–Kier alpha value is -0.910. The molecule has 0 atom stereocenters. The Morgan fingerprint density at radius 1 is 1.31 bits per heavy atom. The van der Waals surface area contributed by atoms with E-state index in [-0.39, 0.29) is 4.90 Å². The van der Waals surface area contributed by atoms with Crippen LogP contribution >= 0.6 is 0 Å². The predicted molar refractivity (Wildman–Crippen MR) is 61.0 cm³/mol. The van der Waals surface area contributed by atoms with Crippen LogP contribution in [0.25, 0.3) is 0 Å². The first-order chi connectivity index (χ1) is 7.49. The van der Waals surface area contributed by atoms with Crippen LogP contribution in [0.5, 0.6) is 0 Å². The van der Waals surface area contributed by atoms with Crippen LogP contribution in [0, 0.1) is 0 Å². The van der Waals surface area contributed by atoms with Gasteiger partial charge in [0.1, 0.15) is 0 Å². The van der Waals surface area contributed by atoms with Gasteiger partial charge in [-0.05, 0) is 29.7 Å². The van der Waals surface area contributed by atoms with Gasteiger partial charge in [0.15, 0.2) is 0 Å². The average Bonchev–Trinajstić information content (AvgIpc) is 2.19. The summed E-state index contributed by atoms with van der Waals surface area (Å²) in [6.45, 7) is 2.46. The van der Waals surface area contributed by atoms with Crippen molar-refractivity contribution < 1.29 is 17.7 Å². The minimum atomic E-state index is -4.12. The summed E-state index contributed by atoms with van der Waals surface area (Å²) >= 11 is 0. The zero-order valence-electron chi connectivity index (χ0n) is 9.43. The van der Waals surface area contributed by atoms with E-state index < -0.39 is 10.1 Å². The first kappa shape index (κ1) is 13.2. The summed E-state index contributed by atoms with van der Waals surface area (Å²) in [4.78, 5) is -0.0594. The Morgan fingerprint density at radius 3 is 2.50 bits per heavy atom. The second kappa shape index (κ2) is 5.43. The lowest BCUT2D eigenvalue weighted by Crippen LogP contribution is -2.02. The van der Waals surface area contributed by atoms with Crippen LogP contribution in [0.15, 0.2) is 23.1 Å². The Kier molecular flexibility index (Phi) is 4.46. The van der Waals surface area contributed by atoms with Gasteiger partial charge in [0, 0.05) is 7.11 Å². The van der Waals surface area contributed by atoms with Crippen LogP contribution in [-0.2, 0) is 27.9 Å². The zero-order valence-corrected chi connectivity index (χ0v) is 10.3. The van der Waals surface area contributed by atoms with Crippen LogP contribution in [0.1, 0.15) is 24.5 Å². The fraction of sp³-hybridized carbons (Fsp3) is 0.455. The monoisotopic (exact) mass is 244 g/mol. The number of benzene rings is 1. The van der Waals surface area contributed by atoms with Crippen molar-refractivity contribution in [3.63, 3.8) is 0 Å².